The van der Waals surface area contributed by atoms with E-state index in [0.717, 1.165) is 29.8 Å². The van der Waals surface area contributed by atoms with Crippen LogP contribution in [-0.4, -0.2) is 30.2 Å². The molecule has 0 spiro atoms. The second kappa shape index (κ2) is 9.66. The number of hydrogen-bond acceptors (Lipinski definition) is 6. The van der Waals surface area contributed by atoms with Gasteiger partial charge in [-0.2, -0.15) is 0 Å². The Morgan fingerprint density at radius 2 is 1.89 bits per heavy atom. The first kappa shape index (κ1) is 23.3. The standard InChI is InChI=1S/C28H29N3O3S/c1-4-34-27(33)24-19(3)29-28-31(25(24)20-10-6-5-7-11-20)26(32)23(35-28)17-21-12-13-22(16-18(21)2)30-14-8-9-15-30/h5-7,10-13,16-17,25H,4,8-9,14-15H2,1-3H3/b23-17+/t25-/m1/s1. The van der Waals surface area contributed by atoms with Gasteiger partial charge in [0.1, 0.15) is 0 Å². The molecular formula is C28H29N3O3S. The largest absolute Gasteiger partial charge is 0.463 e. The van der Waals surface area contributed by atoms with Crippen molar-refractivity contribution in [2.45, 2.75) is 39.7 Å². The summed E-state index contributed by atoms with van der Waals surface area (Å²) in [6, 6.07) is 15.5. The first-order chi connectivity index (χ1) is 17.0. The summed E-state index contributed by atoms with van der Waals surface area (Å²) >= 11 is 1.36. The van der Waals surface area contributed by atoms with Crippen LogP contribution < -0.4 is 19.8 Å². The van der Waals surface area contributed by atoms with Gasteiger partial charge in [0.05, 0.1) is 28.5 Å². The number of carbonyl (C=O) groups is 1. The molecule has 3 heterocycles. The summed E-state index contributed by atoms with van der Waals surface area (Å²) in [5.41, 5.74) is 5.05. The maximum absolute atomic E-state index is 13.7. The lowest BCUT2D eigenvalue weighted by Gasteiger charge is -2.24. The van der Waals surface area contributed by atoms with Gasteiger partial charge in [-0.15, -0.1) is 0 Å². The first-order valence-corrected chi connectivity index (χ1v) is 12.9. The molecule has 1 aromatic heterocycles. The summed E-state index contributed by atoms with van der Waals surface area (Å²) in [6.45, 7) is 8.11. The fraction of sp³-hybridized carbons (Fsp3) is 0.321. The molecule has 1 atom stereocenters. The van der Waals surface area contributed by atoms with Gasteiger partial charge in [-0.3, -0.25) is 9.36 Å². The van der Waals surface area contributed by atoms with E-state index in [2.05, 4.69) is 35.0 Å². The monoisotopic (exact) mass is 487 g/mol. The molecule has 0 radical (unpaired) electrons. The summed E-state index contributed by atoms with van der Waals surface area (Å²) in [6.07, 6.45) is 4.41. The molecule has 180 valence electrons. The van der Waals surface area contributed by atoms with Gasteiger partial charge < -0.3 is 9.64 Å². The lowest BCUT2D eigenvalue weighted by atomic mass is 9.96. The molecule has 0 bridgehead atoms. The normalized spacial score (nSPS) is 18.0. The van der Waals surface area contributed by atoms with Gasteiger partial charge in [0.2, 0.25) is 0 Å². The van der Waals surface area contributed by atoms with Crippen molar-refractivity contribution in [1.29, 1.82) is 0 Å². The smallest absolute Gasteiger partial charge is 0.338 e. The Morgan fingerprint density at radius 1 is 1.14 bits per heavy atom. The Kier molecular flexibility index (Phi) is 6.43. The number of aromatic nitrogens is 1. The molecule has 35 heavy (non-hydrogen) atoms. The highest BCUT2D eigenvalue weighted by Gasteiger charge is 2.33. The molecule has 3 aromatic rings. The van der Waals surface area contributed by atoms with Crippen molar-refractivity contribution in [3.63, 3.8) is 0 Å². The van der Waals surface area contributed by atoms with E-state index >= 15 is 0 Å². The van der Waals surface area contributed by atoms with Gasteiger partial charge in [0, 0.05) is 18.8 Å². The van der Waals surface area contributed by atoms with Crippen LogP contribution in [0.3, 0.4) is 0 Å². The molecule has 7 heteroatoms. The number of aryl methyl sites for hydroxylation is 1. The topological polar surface area (TPSA) is 63.9 Å². The highest BCUT2D eigenvalue weighted by Crippen LogP contribution is 2.30. The van der Waals surface area contributed by atoms with Crippen LogP contribution in [0.2, 0.25) is 0 Å². The van der Waals surface area contributed by atoms with Crippen LogP contribution in [0.5, 0.6) is 0 Å². The Balaban J connectivity index is 1.63. The lowest BCUT2D eigenvalue weighted by molar-refractivity contribution is -0.139. The van der Waals surface area contributed by atoms with E-state index in [1.165, 1.54) is 29.9 Å². The Bertz CT molecular complexity index is 1480. The quantitative estimate of drug-likeness (QED) is 0.515. The molecular weight excluding hydrogens is 458 g/mol. The van der Waals surface area contributed by atoms with Gasteiger partial charge in [-0.25, -0.2) is 9.79 Å². The minimum Gasteiger partial charge on any atom is -0.463 e. The van der Waals surface area contributed by atoms with Gasteiger partial charge in [0.15, 0.2) is 4.80 Å². The third kappa shape index (κ3) is 4.36. The maximum Gasteiger partial charge on any atom is 0.338 e. The SMILES string of the molecule is CCOC(=O)C1=C(C)N=c2s/c(=C/c3ccc(N4CCCC4)cc3C)c(=O)n2[C@@H]1c1ccccc1. The van der Waals surface area contributed by atoms with E-state index in [0.29, 0.717) is 20.6 Å². The number of rotatable bonds is 5. The molecule has 1 saturated heterocycles. The van der Waals surface area contributed by atoms with E-state index in [9.17, 15) is 9.59 Å². The second-order valence-corrected chi connectivity index (χ2v) is 9.96. The maximum atomic E-state index is 13.7. The van der Waals surface area contributed by atoms with Crippen molar-refractivity contribution in [3.8, 4) is 0 Å². The Labute approximate surface area is 208 Å². The molecule has 0 unspecified atom stereocenters. The number of esters is 1. The zero-order valence-electron chi connectivity index (χ0n) is 20.3. The molecule has 1 fully saturated rings. The van der Waals surface area contributed by atoms with Crippen LogP contribution >= 0.6 is 11.3 Å². The van der Waals surface area contributed by atoms with Crippen molar-refractivity contribution >= 4 is 29.1 Å². The fourth-order valence-corrected chi connectivity index (χ4v) is 5.91. The van der Waals surface area contributed by atoms with Crippen molar-refractivity contribution < 1.29 is 9.53 Å². The molecule has 0 amide bonds. The lowest BCUT2D eigenvalue weighted by Crippen LogP contribution is -2.39. The summed E-state index contributed by atoms with van der Waals surface area (Å²) in [4.78, 5) is 34.3. The third-order valence-electron chi connectivity index (χ3n) is 6.64. The zero-order valence-corrected chi connectivity index (χ0v) is 21.1. The summed E-state index contributed by atoms with van der Waals surface area (Å²) in [5, 5.41) is 0. The van der Waals surface area contributed by atoms with Crippen molar-refractivity contribution in [2.24, 2.45) is 4.99 Å². The molecule has 2 aliphatic rings. The molecule has 5 rings (SSSR count). The first-order valence-electron chi connectivity index (χ1n) is 12.1. The van der Waals surface area contributed by atoms with Gasteiger partial charge >= 0.3 is 5.97 Å². The molecule has 2 aliphatic heterocycles. The zero-order chi connectivity index (χ0) is 24.5. The number of hydrogen-bond donors (Lipinski definition) is 0. The molecule has 0 aliphatic carbocycles. The predicted molar refractivity (Wildman–Crippen MR) is 139 cm³/mol. The predicted octanol–water partition coefficient (Wildman–Crippen LogP) is 3.71. The van der Waals surface area contributed by atoms with Crippen LogP contribution in [0.4, 0.5) is 5.69 Å². The van der Waals surface area contributed by atoms with E-state index in [1.807, 2.05) is 36.4 Å². The van der Waals surface area contributed by atoms with Crippen LogP contribution in [0.1, 0.15) is 49.4 Å². The van der Waals surface area contributed by atoms with Crippen LogP contribution in [0.25, 0.3) is 6.08 Å². The number of allylic oxidation sites excluding steroid dienone is 1. The van der Waals surface area contributed by atoms with Gasteiger partial charge in [0.25, 0.3) is 5.56 Å². The average Bonchev–Trinajstić information content (AvgIpc) is 3.49. The fourth-order valence-electron chi connectivity index (χ4n) is 4.88. The Hall–Kier alpha value is -3.45. The molecule has 6 nitrogen and oxygen atoms in total. The average molecular weight is 488 g/mol. The number of carbonyl (C=O) groups excluding carboxylic acids is 1. The van der Waals surface area contributed by atoms with Crippen molar-refractivity contribution in [2.75, 3.05) is 24.6 Å². The minimum absolute atomic E-state index is 0.153. The molecule has 0 N–H and O–H groups in total. The number of thiazole rings is 1. The van der Waals surface area contributed by atoms with Crippen LogP contribution in [0, 0.1) is 6.92 Å². The number of anilines is 1. The highest BCUT2D eigenvalue weighted by molar-refractivity contribution is 7.07. The highest BCUT2D eigenvalue weighted by atomic mass is 32.1. The van der Waals surface area contributed by atoms with Gasteiger partial charge in [-0.1, -0.05) is 47.7 Å². The summed E-state index contributed by atoms with van der Waals surface area (Å²) in [5.74, 6) is -0.440. The van der Waals surface area contributed by atoms with Crippen LogP contribution in [-0.2, 0) is 9.53 Å². The van der Waals surface area contributed by atoms with Crippen LogP contribution in [0.15, 0.2) is 69.6 Å². The number of nitrogens with zero attached hydrogens (tertiary/aromatic N) is 3. The summed E-state index contributed by atoms with van der Waals surface area (Å²) < 4.78 is 7.58. The van der Waals surface area contributed by atoms with E-state index < -0.39 is 12.0 Å². The second-order valence-electron chi connectivity index (χ2n) is 8.95. The summed E-state index contributed by atoms with van der Waals surface area (Å²) in [7, 11) is 0. The molecule has 2 aromatic carbocycles. The number of benzene rings is 2. The van der Waals surface area contributed by atoms with E-state index in [4.69, 9.17) is 4.74 Å². The van der Waals surface area contributed by atoms with Crippen molar-refractivity contribution in [1.82, 2.24) is 4.57 Å². The Morgan fingerprint density at radius 3 is 2.57 bits per heavy atom. The third-order valence-corrected chi connectivity index (χ3v) is 7.63. The van der Waals surface area contributed by atoms with Crippen molar-refractivity contribution in [3.05, 3.63) is 96.2 Å². The number of fused-ring (bicyclic) bond motifs is 1. The van der Waals surface area contributed by atoms with E-state index in [-0.39, 0.29) is 12.2 Å². The van der Waals surface area contributed by atoms with E-state index in [1.54, 1.807) is 18.4 Å². The molecule has 0 saturated carbocycles. The minimum atomic E-state index is -0.577. The van der Waals surface area contributed by atoms with Gasteiger partial charge in [-0.05, 0) is 68.5 Å². The number of ether oxygens (including phenoxy) is 1.